The number of carbonyl (C=O) groups excluding carboxylic acids is 1. The summed E-state index contributed by atoms with van der Waals surface area (Å²) in [7, 11) is 0. The van der Waals surface area contributed by atoms with Gasteiger partial charge in [-0.1, -0.05) is 49.3 Å². The minimum atomic E-state index is -0.152. The highest BCUT2D eigenvalue weighted by Crippen LogP contribution is 2.26. The molecule has 142 valence electrons. The lowest BCUT2D eigenvalue weighted by molar-refractivity contribution is -0.115. The lowest BCUT2D eigenvalue weighted by Crippen LogP contribution is -2.31. The molecule has 0 fully saturated rings. The lowest BCUT2D eigenvalue weighted by atomic mass is 9.99. The summed E-state index contributed by atoms with van der Waals surface area (Å²) in [6.07, 6.45) is 1.07. The first-order chi connectivity index (χ1) is 13.0. The van der Waals surface area contributed by atoms with E-state index in [2.05, 4.69) is 65.3 Å². The molecule has 0 radical (unpaired) electrons. The predicted molar refractivity (Wildman–Crippen MR) is 109 cm³/mol. The topological polar surface area (TPSA) is 67.2 Å². The van der Waals surface area contributed by atoms with Crippen LogP contribution in [0.15, 0.2) is 52.4 Å². The number of hydrogen-bond acceptors (Lipinski definition) is 5. The van der Waals surface area contributed by atoms with Gasteiger partial charge in [0.15, 0.2) is 5.82 Å². The molecule has 0 saturated heterocycles. The van der Waals surface area contributed by atoms with Gasteiger partial charge in [-0.3, -0.25) is 10.1 Å². The van der Waals surface area contributed by atoms with Crippen molar-refractivity contribution in [2.24, 2.45) is 5.92 Å². The molecule has 3 rings (SSSR count). The van der Waals surface area contributed by atoms with Crippen LogP contribution in [0.2, 0.25) is 0 Å². The van der Waals surface area contributed by atoms with Crippen LogP contribution in [-0.2, 0) is 11.2 Å². The lowest BCUT2D eigenvalue weighted by Gasteiger charge is -2.18. The van der Waals surface area contributed by atoms with Crippen molar-refractivity contribution in [1.82, 2.24) is 10.5 Å². The fraction of sp³-hybridized carbons (Fsp3) is 0.333. The van der Waals surface area contributed by atoms with Gasteiger partial charge in [-0.05, 0) is 41.8 Å². The van der Waals surface area contributed by atoms with E-state index in [1.54, 1.807) is 24.3 Å². The summed E-state index contributed by atoms with van der Waals surface area (Å²) in [6, 6.07) is 14.4. The average molecular weight is 384 g/mol. The minimum absolute atomic E-state index is 0.0251. The van der Waals surface area contributed by atoms with Crippen molar-refractivity contribution in [2.45, 2.75) is 33.2 Å². The van der Waals surface area contributed by atoms with E-state index in [0.717, 1.165) is 12.0 Å². The first kappa shape index (κ1) is 19.3. The van der Waals surface area contributed by atoms with Crippen molar-refractivity contribution in [3.63, 3.8) is 0 Å². The third-order valence-electron chi connectivity index (χ3n) is 4.15. The third kappa shape index (κ3) is 5.52. The Labute approximate surface area is 163 Å². The minimum Gasteiger partial charge on any atom is -0.360 e. The van der Waals surface area contributed by atoms with Gasteiger partial charge >= 0.3 is 0 Å². The number of anilines is 1. The molecule has 0 aliphatic heterocycles. The first-order valence-corrected chi connectivity index (χ1v) is 9.98. The van der Waals surface area contributed by atoms with E-state index in [1.165, 1.54) is 10.4 Å². The molecule has 1 amide bonds. The Hall–Kier alpha value is -2.44. The van der Waals surface area contributed by atoms with E-state index in [9.17, 15) is 4.79 Å². The van der Waals surface area contributed by atoms with Crippen molar-refractivity contribution in [3.05, 3.63) is 69.6 Å². The van der Waals surface area contributed by atoms with Gasteiger partial charge in [0.25, 0.3) is 0 Å². The van der Waals surface area contributed by atoms with Gasteiger partial charge in [-0.2, -0.15) is 0 Å². The maximum absolute atomic E-state index is 12.3. The van der Waals surface area contributed by atoms with Gasteiger partial charge in [0.05, 0.1) is 12.6 Å². The normalized spacial score (nSPS) is 12.3. The zero-order chi connectivity index (χ0) is 19.2. The van der Waals surface area contributed by atoms with E-state index in [-0.39, 0.29) is 18.5 Å². The van der Waals surface area contributed by atoms with Crippen molar-refractivity contribution < 1.29 is 9.32 Å². The van der Waals surface area contributed by atoms with Crippen LogP contribution in [0.1, 0.15) is 41.7 Å². The van der Waals surface area contributed by atoms with E-state index in [0.29, 0.717) is 17.5 Å². The smallest absolute Gasteiger partial charge is 0.239 e. The highest BCUT2D eigenvalue weighted by Gasteiger charge is 2.17. The number of aryl methyl sites for hydroxylation is 1. The zero-order valence-electron chi connectivity index (χ0n) is 15.9. The van der Waals surface area contributed by atoms with Crippen LogP contribution < -0.4 is 10.6 Å². The Kier molecular flexibility index (Phi) is 6.42. The second-order valence-corrected chi connectivity index (χ2v) is 8.02. The number of thiophene rings is 1. The Bertz CT molecular complexity index is 854. The summed E-state index contributed by atoms with van der Waals surface area (Å²) in [5.74, 6) is 1.58. The van der Waals surface area contributed by atoms with E-state index in [4.69, 9.17) is 4.52 Å². The summed E-state index contributed by atoms with van der Waals surface area (Å²) in [4.78, 5) is 13.4. The Morgan fingerprint density at radius 3 is 2.59 bits per heavy atom. The van der Waals surface area contributed by atoms with Crippen LogP contribution in [-0.4, -0.2) is 17.6 Å². The Morgan fingerprint density at radius 1 is 1.22 bits per heavy atom. The summed E-state index contributed by atoms with van der Waals surface area (Å²) in [5, 5.41) is 12.0. The number of carbonyl (C=O) groups is 1. The quantitative estimate of drug-likeness (QED) is 0.598. The molecule has 27 heavy (non-hydrogen) atoms. The number of hydrogen-bond donors (Lipinski definition) is 2. The molecule has 5 nitrogen and oxygen atoms in total. The summed E-state index contributed by atoms with van der Waals surface area (Å²) < 4.78 is 4.97. The molecule has 0 bridgehead atoms. The van der Waals surface area contributed by atoms with Gasteiger partial charge in [0.1, 0.15) is 5.76 Å². The van der Waals surface area contributed by atoms with Gasteiger partial charge in [0.2, 0.25) is 5.91 Å². The van der Waals surface area contributed by atoms with Crippen molar-refractivity contribution in [1.29, 1.82) is 0 Å². The van der Waals surface area contributed by atoms with Crippen LogP contribution >= 0.6 is 11.3 Å². The predicted octanol–water partition coefficient (Wildman–Crippen LogP) is 4.56. The van der Waals surface area contributed by atoms with Crippen molar-refractivity contribution >= 4 is 23.1 Å². The molecule has 0 unspecified atom stereocenters. The van der Waals surface area contributed by atoms with E-state index in [1.807, 2.05) is 6.07 Å². The molecule has 0 spiro atoms. The van der Waals surface area contributed by atoms with E-state index < -0.39 is 0 Å². The molecular formula is C21H25N3O2S. The highest BCUT2D eigenvalue weighted by atomic mass is 32.1. The van der Waals surface area contributed by atoms with Crippen LogP contribution in [0.25, 0.3) is 0 Å². The molecule has 2 aromatic heterocycles. The Morgan fingerprint density at radius 2 is 2.00 bits per heavy atom. The molecule has 1 aromatic carbocycles. The summed E-state index contributed by atoms with van der Waals surface area (Å²) in [6.45, 7) is 6.41. The number of rotatable bonds is 8. The average Bonchev–Trinajstić information content (AvgIpc) is 3.28. The maximum atomic E-state index is 12.3. The first-order valence-electron chi connectivity index (χ1n) is 9.10. The van der Waals surface area contributed by atoms with E-state index >= 15 is 0 Å². The standard InChI is InChI=1S/C21H25N3O2S/c1-14(2)11-16-6-8-17(9-7-16)21(18-5-4-10-27-18)22-13-20(25)23-19-12-15(3)26-24-19/h4-10,12,14,21-22H,11,13H2,1-3H3,(H,23,24,25)/t21-/m1/s1. The fourth-order valence-corrected chi connectivity index (χ4v) is 3.79. The zero-order valence-corrected chi connectivity index (χ0v) is 16.7. The summed E-state index contributed by atoms with van der Waals surface area (Å²) >= 11 is 1.68. The van der Waals surface area contributed by atoms with Gasteiger partial charge in [-0.15, -0.1) is 11.3 Å². The van der Waals surface area contributed by atoms with Gasteiger partial charge < -0.3 is 9.84 Å². The summed E-state index contributed by atoms with van der Waals surface area (Å²) in [5.41, 5.74) is 2.48. The van der Waals surface area contributed by atoms with Gasteiger partial charge in [0, 0.05) is 10.9 Å². The molecule has 0 aliphatic carbocycles. The molecule has 2 N–H and O–H groups in total. The maximum Gasteiger partial charge on any atom is 0.239 e. The fourth-order valence-electron chi connectivity index (χ4n) is 2.96. The highest BCUT2D eigenvalue weighted by molar-refractivity contribution is 7.10. The molecule has 0 aliphatic rings. The molecule has 1 atom stereocenters. The number of nitrogens with one attached hydrogen (secondary N) is 2. The molecule has 0 saturated carbocycles. The SMILES string of the molecule is Cc1cc(NC(=O)CN[C@H](c2ccc(CC(C)C)cc2)c2cccs2)no1. The van der Waals surface area contributed by atoms with Crippen LogP contribution in [0.3, 0.4) is 0 Å². The molecule has 3 aromatic rings. The van der Waals surface area contributed by atoms with Crippen molar-refractivity contribution in [3.8, 4) is 0 Å². The molecule has 6 heteroatoms. The number of amides is 1. The van der Waals surface area contributed by atoms with Crippen molar-refractivity contribution in [2.75, 3.05) is 11.9 Å². The van der Waals surface area contributed by atoms with Gasteiger partial charge in [-0.25, -0.2) is 0 Å². The molecule has 2 heterocycles. The second-order valence-electron chi connectivity index (χ2n) is 7.04. The number of aromatic nitrogens is 1. The molecular weight excluding hydrogens is 358 g/mol. The number of nitrogens with zero attached hydrogens (tertiary/aromatic N) is 1. The van der Waals surface area contributed by atoms with Crippen LogP contribution in [0, 0.1) is 12.8 Å². The van der Waals surface area contributed by atoms with Crippen LogP contribution in [0.5, 0.6) is 0 Å². The Balaban J connectivity index is 1.68. The largest absolute Gasteiger partial charge is 0.360 e. The number of benzene rings is 1. The second kappa shape index (κ2) is 8.97. The third-order valence-corrected chi connectivity index (χ3v) is 5.08. The monoisotopic (exact) mass is 383 g/mol. The van der Waals surface area contributed by atoms with Crippen LogP contribution in [0.4, 0.5) is 5.82 Å².